The number of ether oxygens (including phenoxy) is 2. The van der Waals surface area contributed by atoms with E-state index in [9.17, 15) is 14.4 Å². The zero-order chi connectivity index (χ0) is 22.0. The molecule has 1 aliphatic heterocycles. The molecule has 1 N–H and O–H groups in total. The maximum Gasteiger partial charge on any atom is 0.261 e. The highest BCUT2D eigenvalue weighted by molar-refractivity contribution is 6.22. The molecule has 3 amide bonds. The second-order valence-corrected chi connectivity index (χ2v) is 6.96. The van der Waals surface area contributed by atoms with E-state index >= 15 is 0 Å². The Morgan fingerprint density at radius 3 is 2.32 bits per heavy atom. The third-order valence-corrected chi connectivity index (χ3v) is 5.07. The average molecular weight is 416 g/mol. The summed E-state index contributed by atoms with van der Waals surface area (Å²) >= 11 is 0. The molecule has 1 aliphatic rings. The van der Waals surface area contributed by atoms with Gasteiger partial charge in [0, 0.05) is 11.6 Å². The molecule has 0 fully saturated rings. The van der Waals surface area contributed by atoms with Crippen molar-refractivity contribution >= 4 is 23.4 Å². The monoisotopic (exact) mass is 416 g/mol. The number of rotatable bonds is 6. The van der Waals surface area contributed by atoms with Crippen molar-refractivity contribution in [2.45, 2.75) is 6.54 Å². The van der Waals surface area contributed by atoms with Gasteiger partial charge in [-0.15, -0.1) is 0 Å². The van der Waals surface area contributed by atoms with Gasteiger partial charge < -0.3 is 14.8 Å². The van der Waals surface area contributed by atoms with Crippen LogP contribution in [0.25, 0.3) is 0 Å². The largest absolute Gasteiger partial charge is 0.497 e. The molecule has 0 saturated heterocycles. The lowest BCUT2D eigenvalue weighted by Crippen LogP contribution is -2.29. The van der Waals surface area contributed by atoms with Crippen molar-refractivity contribution in [2.24, 2.45) is 0 Å². The molecule has 0 atom stereocenters. The molecule has 3 aromatic carbocycles. The number of methoxy groups -OCH3 is 2. The van der Waals surface area contributed by atoms with E-state index in [0.717, 1.165) is 5.56 Å². The Labute approximate surface area is 179 Å². The summed E-state index contributed by atoms with van der Waals surface area (Å²) in [6.07, 6.45) is 0. The Morgan fingerprint density at radius 2 is 1.61 bits per heavy atom. The van der Waals surface area contributed by atoms with E-state index in [4.69, 9.17) is 9.47 Å². The van der Waals surface area contributed by atoms with Crippen LogP contribution in [0.5, 0.6) is 11.5 Å². The fourth-order valence-corrected chi connectivity index (χ4v) is 3.45. The minimum Gasteiger partial charge on any atom is -0.497 e. The maximum atomic E-state index is 12.9. The number of amides is 3. The van der Waals surface area contributed by atoms with Crippen molar-refractivity contribution in [3.05, 3.63) is 89.0 Å². The molecule has 0 aliphatic carbocycles. The van der Waals surface area contributed by atoms with Crippen molar-refractivity contribution in [3.63, 3.8) is 0 Å². The fraction of sp³-hybridized carbons (Fsp3) is 0.125. The molecular weight excluding hydrogens is 396 g/mol. The van der Waals surface area contributed by atoms with Crippen molar-refractivity contribution in [1.82, 2.24) is 4.90 Å². The molecule has 31 heavy (non-hydrogen) atoms. The smallest absolute Gasteiger partial charge is 0.261 e. The number of hydrogen-bond acceptors (Lipinski definition) is 5. The van der Waals surface area contributed by atoms with Gasteiger partial charge in [0.25, 0.3) is 17.7 Å². The zero-order valence-corrected chi connectivity index (χ0v) is 17.0. The van der Waals surface area contributed by atoms with Crippen molar-refractivity contribution in [2.75, 3.05) is 19.5 Å². The summed E-state index contributed by atoms with van der Waals surface area (Å²) in [7, 11) is 3.02. The maximum absolute atomic E-state index is 12.9. The van der Waals surface area contributed by atoms with E-state index < -0.39 is 11.8 Å². The Balaban J connectivity index is 1.58. The normalized spacial score (nSPS) is 12.5. The molecule has 0 radical (unpaired) electrons. The first-order valence-corrected chi connectivity index (χ1v) is 9.59. The van der Waals surface area contributed by atoms with E-state index in [-0.39, 0.29) is 29.1 Å². The van der Waals surface area contributed by atoms with E-state index in [2.05, 4.69) is 5.32 Å². The highest BCUT2D eigenvalue weighted by Gasteiger charge is 2.36. The number of benzene rings is 3. The quantitative estimate of drug-likeness (QED) is 0.619. The highest BCUT2D eigenvalue weighted by Crippen LogP contribution is 2.30. The second kappa shape index (κ2) is 8.31. The van der Waals surface area contributed by atoms with Gasteiger partial charge in [0.1, 0.15) is 11.5 Å². The number of hydrogen-bond donors (Lipinski definition) is 1. The molecule has 0 unspecified atom stereocenters. The van der Waals surface area contributed by atoms with Crippen LogP contribution < -0.4 is 14.8 Å². The summed E-state index contributed by atoms with van der Waals surface area (Å²) in [5.41, 5.74) is 2.04. The van der Waals surface area contributed by atoms with Gasteiger partial charge in [-0.2, -0.15) is 0 Å². The van der Waals surface area contributed by atoms with Crippen molar-refractivity contribution < 1.29 is 23.9 Å². The summed E-state index contributed by atoms with van der Waals surface area (Å²) in [5.74, 6) is -0.197. The van der Waals surface area contributed by atoms with Gasteiger partial charge >= 0.3 is 0 Å². The van der Waals surface area contributed by atoms with Crippen LogP contribution in [0.4, 0.5) is 5.69 Å². The summed E-state index contributed by atoms with van der Waals surface area (Å²) in [6, 6.07) is 18.8. The number of fused-ring (bicyclic) bond motifs is 1. The van der Waals surface area contributed by atoms with Gasteiger partial charge in [0.15, 0.2) is 0 Å². The summed E-state index contributed by atoms with van der Waals surface area (Å²) in [5, 5.41) is 2.77. The van der Waals surface area contributed by atoms with Crippen LogP contribution in [0, 0.1) is 0 Å². The molecule has 156 valence electrons. The molecule has 0 bridgehead atoms. The number of carbonyl (C=O) groups is 3. The highest BCUT2D eigenvalue weighted by atomic mass is 16.5. The predicted octanol–water partition coefficient (Wildman–Crippen LogP) is 3.75. The Kier molecular flexibility index (Phi) is 5.41. The summed E-state index contributed by atoms with van der Waals surface area (Å²) in [6.45, 7) is 0.176. The minimum absolute atomic E-state index is 0.176. The lowest BCUT2D eigenvalue weighted by atomic mass is 10.1. The third-order valence-electron chi connectivity index (χ3n) is 5.07. The van der Waals surface area contributed by atoms with Crippen molar-refractivity contribution in [3.8, 4) is 11.5 Å². The Morgan fingerprint density at radius 1 is 0.871 bits per heavy atom. The Bertz CT molecular complexity index is 1170. The molecule has 1 heterocycles. The van der Waals surface area contributed by atoms with Gasteiger partial charge in [0.2, 0.25) is 0 Å². The standard InChI is InChI=1S/C24H20N2O5/c1-30-17-9-11-21(31-2)20(13-17)25-22(27)16-8-10-18-19(12-16)24(29)26(23(18)28)14-15-6-4-3-5-7-15/h3-13H,14H2,1-2H3,(H,25,27). The third kappa shape index (κ3) is 3.85. The molecule has 7 nitrogen and oxygen atoms in total. The number of nitrogens with zero attached hydrogens (tertiary/aromatic N) is 1. The number of imide groups is 1. The summed E-state index contributed by atoms with van der Waals surface area (Å²) < 4.78 is 10.5. The van der Waals surface area contributed by atoms with Gasteiger partial charge in [0.05, 0.1) is 37.6 Å². The van der Waals surface area contributed by atoms with Crippen LogP contribution in [0.15, 0.2) is 66.7 Å². The van der Waals surface area contributed by atoms with Crippen LogP contribution >= 0.6 is 0 Å². The van der Waals surface area contributed by atoms with Gasteiger partial charge in [-0.25, -0.2) is 0 Å². The first-order valence-electron chi connectivity index (χ1n) is 9.59. The van der Waals surface area contributed by atoms with E-state index in [1.54, 1.807) is 18.2 Å². The molecule has 7 heteroatoms. The van der Waals surface area contributed by atoms with Gasteiger partial charge in [-0.1, -0.05) is 30.3 Å². The first-order chi connectivity index (χ1) is 15.0. The number of nitrogens with one attached hydrogen (secondary N) is 1. The van der Waals surface area contributed by atoms with Gasteiger partial charge in [-0.3, -0.25) is 19.3 Å². The van der Waals surface area contributed by atoms with Crippen LogP contribution in [0.3, 0.4) is 0 Å². The lowest BCUT2D eigenvalue weighted by molar-refractivity contribution is 0.0642. The molecular formula is C24H20N2O5. The lowest BCUT2D eigenvalue weighted by Gasteiger charge is -2.13. The fourth-order valence-electron chi connectivity index (χ4n) is 3.45. The average Bonchev–Trinajstić information content (AvgIpc) is 3.04. The van der Waals surface area contributed by atoms with E-state index in [0.29, 0.717) is 17.2 Å². The molecule has 0 saturated carbocycles. The second-order valence-electron chi connectivity index (χ2n) is 6.96. The number of anilines is 1. The molecule has 0 spiro atoms. The van der Waals surface area contributed by atoms with Crippen LogP contribution in [-0.4, -0.2) is 36.8 Å². The topological polar surface area (TPSA) is 84.9 Å². The van der Waals surface area contributed by atoms with Crippen molar-refractivity contribution in [1.29, 1.82) is 0 Å². The van der Waals surface area contributed by atoms with Crippen LogP contribution in [0.1, 0.15) is 36.6 Å². The minimum atomic E-state index is -0.434. The van der Waals surface area contributed by atoms with Crippen LogP contribution in [0.2, 0.25) is 0 Å². The van der Waals surface area contributed by atoms with Crippen LogP contribution in [-0.2, 0) is 6.54 Å². The molecule has 3 aromatic rings. The van der Waals surface area contributed by atoms with E-state index in [1.165, 1.54) is 37.3 Å². The summed E-state index contributed by atoms with van der Waals surface area (Å²) in [4.78, 5) is 39.6. The Hall–Kier alpha value is -4.13. The predicted molar refractivity (Wildman–Crippen MR) is 115 cm³/mol. The van der Waals surface area contributed by atoms with E-state index in [1.807, 2.05) is 30.3 Å². The van der Waals surface area contributed by atoms with Gasteiger partial charge in [-0.05, 0) is 35.9 Å². The molecule has 4 rings (SSSR count). The first kappa shape index (κ1) is 20.2. The number of carbonyl (C=O) groups excluding carboxylic acids is 3. The molecule has 0 aromatic heterocycles. The SMILES string of the molecule is COc1ccc(OC)c(NC(=O)c2ccc3c(c2)C(=O)N(Cc2ccccc2)C3=O)c1. The zero-order valence-electron chi connectivity index (χ0n) is 17.0.